The Morgan fingerprint density at radius 1 is 1.44 bits per heavy atom. The van der Waals surface area contributed by atoms with Gasteiger partial charge in [0.15, 0.2) is 0 Å². The molecule has 0 bridgehead atoms. The average Bonchev–Trinajstić information content (AvgIpc) is 3.04. The largest absolute Gasteiger partial charge is 0.359 e. The highest BCUT2D eigenvalue weighted by molar-refractivity contribution is 5.42. The van der Waals surface area contributed by atoms with Gasteiger partial charge < -0.3 is 10.6 Å². The molecule has 0 spiro atoms. The fraction of sp³-hybridized carbons (Fsp3) is 0.667. The summed E-state index contributed by atoms with van der Waals surface area (Å²) in [6.45, 7) is 6.23. The van der Waals surface area contributed by atoms with Gasteiger partial charge in [-0.1, -0.05) is 20.3 Å². The number of nitrogens with zero attached hydrogens (tertiary/aromatic N) is 2. The lowest BCUT2D eigenvalue weighted by Gasteiger charge is -2.20. The monoisotopic (exact) mass is 247 g/mol. The number of anilines is 1. The Morgan fingerprint density at radius 2 is 2.17 bits per heavy atom. The van der Waals surface area contributed by atoms with E-state index < -0.39 is 0 Å². The van der Waals surface area contributed by atoms with Gasteiger partial charge in [0.1, 0.15) is 5.82 Å². The molecule has 0 aromatic carbocycles. The second-order valence-corrected chi connectivity index (χ2v) is 5.63. The molecule has 2 atom stereocenters. The molecule has 1 fully saturated rings. The van der Waals surface area contributed by atoms with Gasteiger partial charge in [0.2, 0.25) is 0 Å². The van der Waals surface area contributed by atoms with Crippen LogP contribution in [0, 0.1) is 11.8 Å². The molecule has 2 unspecified atom stereocenters. The van der Waals surface area contributed by atoms with E-state index in [0.717, 1.165) is 37.0 Å². The molecule has 1 aliphatic carbocycles. The first-order valence-corrected chi connectivity index (χ1v) is 7.05. The SMILES string of the molecule is CCCc1cc(CN)cc(N(C)CC2CC2C)n1. The van der Waals surface area contributed by atoms with Crippen molar-refractivity contribution in [3.05, 3.63) is 23.4 Å². The summed E-state index contributed by atoms with van der Waals surface area (Å²) in [5.74, 6) is 2.83. The highest BCUT2D eigenvalue weighted by atomic mass is 15.2. The number of rotatable bonds is 6. The summed E-state index contributed by atoms with van der Waals surface area (Å²) in [5.41, 5.74) is 8.14. The van der Waals surface area contributed by atoms with Gasteiger partial charge >= 0.3 is 0 Å². The zero-order valence-corrected chi connectivity index (χ0v) is 11.8. The molecule has 3 nitrogen and oxygen atoms in total. The molecule has 2 N–H and O–H groups in total. The number of aryl methyl sites for hydroxylation is 1. The van der Waals surface area contributed by atoms with Crippen molar-refractivity contribution in [2.75, 3.05) is 18.5 Å². The predicted molar refractivity (Wildman–Crippen MR) is 76.7 cm³/mol. The number of nitrogens with two attached hydrogens (primary N) is 1. The van der Waals surface area contributed by atoms with E-state index in [9.17, 15) is 0 Å². The molecule has 0 saturated heterocycles. The van der Waals surface area contributed by atoms with Gasteiger partial charge in [-0.25, -0.2) is 4.98 Å². The second-order valence-electron chi connectivity index (χ2n) is 5.63. The Morgan fingerprint density at radius 3 is 2.72 bits per heavy atom. The first-order chi connectivity index (χ1) is 8.63. The number of aromatic nitrogens is 1. The molecule has 0 radical (unpaired) electrons. The van der Waals surface area contributed by atoms with Crippen LogP contribution in [0.5, 0.6) is 0 Å². The smallest absolute Gasteiger partial charge is 0.128 e. The van der Waals surface area contributed by atoms with Gasteiger partial charge in [-0.2, -0.15) is 0 Å². The minimum atomic E-state index is 0.597. The highest BCUT2D eigenvalue weighted by Gasteiger charge is 2.33. The van der Waals surface area contributed by atoms with E-state index in [1.807, 2.05) is 0 Å². The normalized spacial score (nSPS) is 22.0. The molecule has 0 amide bonds. The maximum absolute atomic E-state index is 5.77. The summed E-state index contributed by atoms with van der Waals surface area (Å²) >= 11 is 0. The van der Waals surface area contributed by atoms with Crippen molar-refractivity contribution < 1.29 is 0 Å². The van der Waals surface area contributed by atoms with E-state index in [0.29, 0.717) is 6.54 Å². The van der Waals surface area contributed by atoms with Crippen LogP contribution in [0.4, 0.5) is 5.82 Å². The van der Waals surface area contributed by atoms with Gasteiger partial charge in [-0.3, -0.25) is 0 Å². The lowest BCUT2D eigenvalue weighted by Crippen LogP contribution is -2.22. The zero-order chi connectivity index (χ0) is 13.1. The summed E-state index contributed by atoms with van der Waals surface area (Å²) in [6, 6.07) is 4.27. The zero-order valence-electron chi connectivity index (χ0n) is 11.8. The van der Waals surface area contributed by atoms with Crippen LogP contribution in [-0.4, -0.2) is 18.6 Å². The summed E-state index contributed by atoms with van der Waals surface area (Å²) < 4.78 is 0. The standard InChI is InChI=1S/C15H25N3/c1-4-5-14-7-12(9-16)8-15(17-14)18(3)10-13-6-11(13)2/h7-8,11,13H,4-6,9-10,16H2,1-3H3. The third kappa shape index (κ3) is 3.22. The van der Waals surface area contributed by atoms with Gasteiger partial charge in [0.25, 0.3) is 0 Å². The quantitative estimate of drug-likeness (QED) is 0.840. The van der Waals surface area contributed by atoms with Crippen molar-refractivity contribution in [2.45, 2.75) is 39.7 Å². The summed E-state index contributed by atoms with van der Waals surface area (Å²) in [5, 5.41) is 0. The van der Waals surface area contributed by atoms with E-state index in [1.54, 1.807) is 0 Å². The Kier molecular flexibility index (Phi) is 4.23. The lowest BCUT2D eigenvalue weighted by atomic mass is 10.1. The minimum Gasteiger partial charge on any atom is -0.359 e. The average molecular weight is 247 g/mol. The van der Waals surface area contributed by atoms with Crippen molar-refractivity contribution in [2.24, 2.45) is 17.6 Å². The van der Waals surface area contributed by atoms with Crippen molar-refractivity contribution >= 4 is 5.82 Å². The van der Waals surface area contributed by atoms with Crippen LogP contribution >= 0.6 is 0 Å². The number of hydrogen-bond acceptors (Lipinski definition) is 3. The third-order valence-corrected chi connectivity index (χ3v) is 3.84. The van der Waals surface area contributed by atoms with Gasteiger partial charge in [-0.15, -0.1) is 0 Å². The number of hydrogen-bond donors (Lipinski definition) is 1. The second kappa shape index (κ2) is 5.70. The molecule has 1 aromatic rings. The summed E-state index contributed by atoms with van der Waals surface area (Å²) in [6.07, 6.45) is 3.53. The van der Waals surface area contributed by atoms with Crippen LogP contribution in [0.2, 0.25) is 0 Å². The first kappa shape index (κ1) is 13.3. The van der Waals surface area contributed by atoms with E-state index in [2.05, 4.69) is 37.9 Å². The van der Waals surface area contributed by atoms with Crippen LogP contribution in [0.3, 0.4) is 0 Å². The minimum absolute atomic E-state index is 0.597. The molecule has 0 aliphatic heterocycles. The molecule has 1 aromatic heterocycles. The Balaban J connectivity index is 2.11. The van der Waals surface area contributed by atoms with Gasteiger partial charge in [0, 0.05) is 25.8 Å². The van der Waals surface area contributed by atoms with E-state index in [4.69, 9.17) is 10.7 Å². The molecule has 3 heteroatoms. The molecule has 2 rings (SSSR count). The summed E-state index contributed by atoms with van der Waals surface area (Å²) in [7, 11) is 2.14. The maximum atomic E-state index is 5.77. The van der Waals surface area contributed by atoms with Gasteiger partial charge in [-0.05, 0) is 42.4 Å². The number of pyridine rings is 1. The van der Waals surface area contributed by atoms with Crippen LogP contribution in [0.1, 0.15) is 37.9 Å². The topological polar surface area (TPSA) is 42.1 Å². The molecule has 1 heterocycles. The van der Waals surface area contributed by atoms with Crippen molar-refractivity contribution in [1.29, 1.82) is 0 Å². The third-order valence-electron chi connectivity index (χ3n) is 3.84. The fourth-order valence-corrected chi connectivity index (χ4v) is 2.43. The van der Waals surface area contributed by atoms with Gasteiger partial charge in [0.05, 0.1) is 0 Å². The van der Waals surface area contributed by atoms with Crippen LogP contribution in [-0.2, 0) is 13.0 Å². The van der Waals surface area contributed by atoms with E-state index >= 15 is 0 Å². The molecule has 1 saturated carbocycles. The van der Waals surface area contributed by atoms with Crippen LogP contribution in [0.25, 0.3) is 0 Å². The maximum Gasteiger partial charge on any atom is 0.128 e. The Hall–Kier alpha value is -1.09. The van der Waals surface area contributed by atoms with E-state index in [1.165, 1.54) is 17.7 Å². The van der Waals surface area contributed by atoms with Crippen LogP contribution < -0.4 is 10.6 Å². The molecule has 1 aliphatic rings. The van der Waals surface area contributed by atoms with Crippen molar-refractivity contribution in [1.82, 2.24) is 4.98 Å². The van der Waals surface area contributed by atoms with E-state index in [-0.39, 0.29) is 0 Å². The van der Waals surface area contributed by atoms with Crippen molar-refractivity contribution in [3.8, 4) is 0 Å². The molecule has 100 valence electrons. The van der Waals surface area contributed by atoms with Crippen LogP contribution in [0.15, 0.2) is 12.1 Å². The molecular weight excluding hydrogens is 222 g/mol. The molecule has 18 heavy (non-hydrogen) atoms. The first-order valence-electron chi connectivity index (χ1n) is 7.05. The lowest BCUT2D eigenvalue weighted by molar-refractivity contribution is 0.716. The predicted octanol–water partition coefficient (Wildman–Crippen LogP) is 2.59. The Labute approximate surface area is 110 Å². The highest BCUT2D eigenvalue weighted by Crippen LogP contribution is 2.38. The van der Waals surface area contributed by atoms with Crippen molar-refractivity contribution in [3.63, 3.8) is 0 Å². The Bertz CT molecular complexity index is 403. The summed E-state index contributed by atoms with van der Waals surface area (Å²) in [4.78, 5) is 7.03. The fourth-order valence-electron chi connectivity index (χ4n) is 2.43. The molecular formula is C15H25N3.